The third kappa shape index (κ3) is 154. The molecule has 10 nitrogen and oxygen atoms in total. The van der Waals surface area contributed by atoms with Gasteiger partial charge in [-0.15, -0.1) is 0 Å². The first-order valence-electron chi connectivity index (χ1n) is 44.9. The third-order valence-electron chi connectivity index (χ3n) is 20.0. The fraction of sp³-hybridized carbons (Fsp3) is 0.944. The van der Waals surface area contributed by atoms with E-state index in [4.69, 9.17) is 25.5 Å². The summed E-state index contributed by atoms with van der Waals surface area (Å²) >= 11 is 0. The van der Waals surface area contributed by atoms with Gasteiger partial charge in [0.15, 0.2) is 0 Å². The smallest absolute Gasteiger partial charge is 0.481 e. The van der Waals surface area contributed by atoms with Gasteiger partial charge in [-0.05, 0) is 32.1 Å². The molecule has 0 bridgehead atoms. The van der Waals surface area contributed by atoms with Crippen LogP contribution in [0.2, 0.25) is 0 Å². The summed E-state index contributed by atoms with van der Waals surface area (Å²) < 4.78 is 0. The van der Waals surface area contributed by atoms with Crippen molar-refractivity contribution in [2.45, 2.75) is 548 Å². The molecule has 5 N–H and O–H groups in total. The number of aliphatic carboxylic acids is 5. The Morgan fingerprint density at radius 3 is 0.236 bits per heavy atom. The summed E-state index contributed by atoms with van der Waals surface area (Å²) in [5, 5.41) is 42.6. The first kappa shape index (κ1) is 131. The van der Waals surface area contributed by atoms with E-state index in [2.05, 4.69) is 34.6 Å². The summed E-state index contributed by atoms with van der Waals surface area (Å²) in [4.78, 5) is 51.7. The summed E-state index contributed by atoms with van der Waals surface area (Å²) in [6.45, 7) is 11.4. The molecule has 0 radical (unpaired) electrons. The van der Waals surface area contributed by atoms with Crippen molar-refractivity contribution in [1.29, 1.82) is 0 Å². The molecule has 106 heavy (non-hydrogen) atoms. The second-order valence-corrected chi connectivity index (χ2v) is 30.5. The van der Waals surface area contributed by atoms with Gasteiger partial charge in [0.25, 0.3) is 0 Å². The van der Waals surface area contributed by atoms with E-state index in [-0.39, 0.29) is 138 Å². The van der Waals surface area contributed by atoms with Crippen molar-refractivity contribution in [3.63, 3.8) is 0 Å². The molecule has 0 spiro atoms. The van der Waals surface area contributed by atoms with E-state index in [1.807, 2.05) is 0 Å². The van der Waals surface area contributed by atoms with E-state index in [0.29, 0.717) is 32.1 Å². The van der Waals surface area contributed by atoms with Crippen LogP contribution >= 0.6 is 0 Å². The monoisotopic (exact) mass is 1570 g/mol. The summed E-state index contributed by atoms with van der Waals surface area (Å²) in [5.41, 5.74) is 0. The number of carbonyl (C=O) groups is 5. The maximum Gasteiger partial charge on any atom is 2.00 e. The van der Waals surface area contributed by atoms with Gasteiger partial charge in [0.1, 0.15) is 0 Å². The van der Waals surface area contributed by atoms with Crippen LogP contribution in [0, 0.1) is 0 Å². The molecule has 0 amide bonds. The predicted octanol–water partition coefficient (Wildman–Crippen LogP) is 29.4. The van der Waals surface area contributed by atoms with Crippen LogP contribution in [0.25, 0.3) is 0 Å². The number of hydrogen-bond donors (Lipinski definition) is 5. The van der Waals surface area contributed by atoms with Crippen LogP contribution in [0.1, 0.15) is 548 Å². The summed E-state index contributed by atoms with van der Waals surface area (Å²) in [6, 6.07) is 0. The average molecular weight is 1570 g/mol. The van der Waals surface area contributed by atoms with Gasteiger partial charge in [-0.3, -0.25) is 24.0 Å². The molecular weight excluding hydrogens is 1390 g/mol. The Balaban J connectivity index is -0.000000117. The van der Waals surface area contributed by atoms with E-state index >= 15 is 0 Å². The van der Waals surface area contributed by atoms with Gasteiger partial charge >= 0.3 is 168 Å². The molecule has 0 aliphatic rings. The Morgan fingerprint density at radius 1 is 0.123 bits per heavy atom. The minimum Gasteiger partial charge on any atom is -0.481 e. The number of carboxylic acids is 5. The van der Waals surface area contributed by atoms with Gasteiger partial charge in [-0.25, -0.2) is 0 Å². The van der Waals surface area contributed by atoms with Gasteiger partial charge in [0.2, 0.25) is 0 Å². The van der Waals surface area contributed by atoms with Crippen LogP contribution < -0.4 is 0 Å². The topological polar surface area (TPSA) is 186 Å². The van der Waals surface area contributed by atoms with Crippen LogP contribution in [-0.4, -0.2) is 194 Å². The van der Waals surface area contributed by atoms with Crippen LogP contribution in [-0.2, 0) is 24.0 Å². The minimum atomic E-state index is -0.653. The molecule has 0 saturated carbocycles. The molecule has 0 aromatic heterocycles. The minimum absolute atomic E-state index is 0. The van der Waals surface area contributed by atoms with Crippen molar-refractivity contribution in [1.82, 2.24) is 0 Å². The molecule has 0 aromatic rings. The Morgan fingerprint density at radius 2 is 0.179 bits per heavy atom. The first-order valence-corrected chi connectivity index (χ1v) is 44.9. The summed E-state index contributed by atoms with van der Waals surface area (Å²) in [6.07, 6.45) is 101. The number of unbranched alkanes of at least 4 members (excludes halogenated alkanes) is 70. The number of carboxylic acid groups (broad SMARTS) is 5. The van der Waals surface area contributed by atoms with Crippen LogP contribution in [0.3, 0.4) is 0 Å². The van der Waals surface area contributed by atoms with Crippen molar-refractivity contribution < 1.29 is 49.5 Å². The summed E-state index contributed by atoms with van der Waals surface area (Å²) in [5.74, 6) is -3.27. The zero-order valence-corrected chi connectivity index (χ0v) is 81.1. The number of rotatable bonds is 80. The van der Waals surface area contributed by atoms with Crippen molar-refractivity contribution in [2.24, 2.45) is 0 Å². The van der Waals surface area contributed by atoms with Gasteiger partial charge in [-0.1, -0.05) is 484 Å². The van der Waals surface area contributed by atoms with Crippen molar-refractivity contribution in [3.05, 3.63) is 0 Å². The van der Waals surface area contributed by atoms with E-state index in [0.717, 1.165) is 64.2 Å². The van der Waals surface area contributed by atoms with Crippen LogP contribution in [0.15, 0.2) is 0 Å². The van der Waals surface area contributed by atoms with Gasteiger partial charge in [0, 0.05) is 32.1 Å². The Labute approximate surface area is 758 Å². The molecule has 0 fully saturated rings. The van der Waals surface area contributed by atoms with E-state index in [1.54, 1.807) is 0 Å². The Kier molecular flexibility index (Phi) is 158. The molecule has 0 atom stereocenters. The Hall–Kier alpha value is 1.95. The normalized spacial score (nSPS) is 10.2. The standard InChI is InChI=1S/5C18H36O2.6Mg/c5*1-2-3-4-5-6-7-8-9-10-11-12-13-14-15-16-17-18(19)20;;;;;;/h5*2-17H2,1H3,(H,19,20);;;;;;/q;;;;;6*+2. The zero-order valence-electron chi connectivity index (χ0n) is 72.6. The zero-order chi connectivity index (χ0) is 74.5. The molecular formula is C90H180Mg6O10+12. The SMILES string of the molecule is CCCCCCCCCCCCCCCCCC(=O)O.CCCCCCCCCCCCCCCCCC(=O)O.CCCCCCCCCCCCCCCCCC(=O)O.CCCCCCCCCCCCCCCCCC(=O)O.CCCCCCCCCCCCCCCCCC(=O)O.[Mg+2].[Mg+2].[Mg+2].[Mg+2].[Mg+2].[Mg+2]. The molecule has 0 unspecified atom stereocenters. The van der Waals surface area contributed by atoms with Crippen LogP contribution in [0.4, 0.5) is 0 Å². The molecule has 0 heterocycles. The van der Waals surface area contributed by atoms with Gasteiger partial charge in [0.05, 0.1) is 0 Å². The number of hydrogen-bond acceptors (Lipinski definition) is 5. The molecule has 0 saturated heterocycles. The third-order valence-corrected chi connectivity index (χ3v) is 20.0. The fourth-order valence-electron chi connectivity index (χ4n) is 13.2. The Bertz CT molecular complexity index is 1300. The second-order valence-electron chi connectivity index (χ2n) is 30.5. The molecule has 0 aromatic carbocycles. The first-order chi connectivity index (χ1) is 48.9. The molecule has 0 rings (SSSR count). The van der Waals surface area contributed by atoms with E-state index in [9.17, 15) is 24.0 Å². The van der Waals surface area contributed by atoms with Gasteiger partial charge in [-0.2, -0.15) is 0 Å². The fourth-order valence-corrected chi connectivity index (χ4v) is 13.2. The predicted molar refractivity (Wildman–Crippen MR) is 470 cm³/mol. The largest absolute Gasteiger partial charge is 2.00 e. The van der Waals surface area contributed by atoms with E-state index < -0.39 is 29.8 Å². The maximum absolute atomic E-state index is 10.3. The molecule has 16 heteroatoms. The quantitative estimate of drug-likeness (QED) is 0.0290. The van der Waals surface area contributed by atoms with Gasteiger partial charge < -0.3 is 25.5 Å². The molecule has 600 valence electrons. The average Bonchev–Trinajstić information content (AvgIpc) is 2.91. The van der Waals surface area contributed by atoms with E-state index in [1.165, 1.54) is 417 Å². The second kappa shape index (κ2) is 128. The van der Waals surface area contributed by atoms with Crippen molar-refractivity contribution in [2.75, 3.05) is 0 Å². The molecule has 0 aliphatic carbocycles. The molecule has 0 aliphatic heterocycles. The summed E-state index contributed by atoms with van der Waals surface area (Å²) in [7, 11) is 0. The van der Waals surface area contributed by atoms with Crippen molar-refractivity contribution in [3.8, 4) is 0 Å². The van der Waals surface area contributed by atoms with Crippen molar-refractivity contribution >= 4 is 168 Å². The maximum atomic E-state index is 10.3. The van der Waals surface area contributed by atoms with Crippen LogP contribution in [0.5, 0.6) is 0 Å².